The van der Waals surface area contributed by atoms with Crippen molar-refractivity contribution >= 4 is 11.9 Å². The van der Waals surface area contributed by atoms with Gasteiger partial charge in [-0.3, -0.25) is 4.79 Å². The molecule has 0 fully saturated rings. The molecule has 0 saturated carbocycles. The van der Waals surface area contributed by atoms with E-state index in [-0.39, 0.29) is 5.78 Å². The van der Waals surface area contributed by atoms with E-state index in [1.165, 1.54) is 5.56 Å². The molecule has 0 N–H and O–H groups in total. The fourth-order valence-electron chi connectivity index (χ4n) is 3.38. The van der Waals surface area contributed by atoms with Crippen LogP contribution in [0.2, 0.25) is 0 Å². The summed E-state index contributed by atoms with van der Waals surface area (Å²) in [5.41, 5.74) is 4.67. The van der Waals surface area contributed by atoms with Crippen LogP contribution in [-0.2, 0) is 6.61 Å². The first-order valence-corrected chi connectivity index (χ1v) is 10.4. The molecule has 4 rings (SSSR count). The summed E-state index contributed by atoms with van der Waals surface area (Å²) >= 11 is 0. The van der Waals surface area contributed by atoms with Crippen LogP contribution in [0.25, 0.3) is 11.8 Å². The van der Waals surface area contributed by atoms with E-state index in [0.717, 1.165) is 28.3 Å². The van der Waals surface area contributed by atoms with E-state index in [0.29, 0.717) is 12.2 Å². The predicted molar refractivity (Wildman–Crippen MR) is 128 cm³/mol. The summed E-state index contributed by atoms with van der Waals surface area (Å²) in [5, 5.41) is 0. The molecular formula is C28H25NO3. The van der Waals surface area contributed by atoms with Crippen LogP contribution in [0.3, 0.4) is 0 Å². The summed E-state index contributed by atoms with van der Waals surface area (Å²) in [6.45, 7) is 2.42. The lowest BCUT2D eigenvalue weighted by Crippen LogP contribution is -1.99. The van der Waals surface area contributed by atoms with Crippen LogP contribution in [-0.4, -0.2) is 17.5 Å². The van der Waals surface area contributed by atoms with Gasteiger partial charge in [0, 0.05) is 29.2 Å². The van der Waals surface area contributed by atoms with Crippen molar-refractivity contribution in [3.05, 3.63) is 120 Å². The molecule has 4 nitrogen and oxygen atoms in total. The van der Waals surface area contributed by atoms with Gasteiger partial charge >= 0.3 is 0 Å². The summed E-state index contributed by atoms with van der Waals surface area (Å²) < 4.78 is 13.4. The molecule has 160 valence electrons. The van der Waals surface area contributed by atoms with Gasteiger partial charge in [0.25, 0.3) is 0 Å². The Morgan fingerprint density at radius 1 is 0.938 bits per heavy atom. The predicted octanol–water partition coefficient (Wildman–Crippen LogP) is 6.27. The molecule has 0 spiro atoms. The number of nitrogens with zero attached hydrogens (tertiary/aromatic N) is 1. The summed E-state index contributed by atoms with van der Waals surface area (Å²) in [6, 6.07) is 25.2. The van der Waals surface area contributed by atoms with Crippen molar-refractivity contribution in [2.75, 3.05) is 7.11 Å². The minimum atomic E-state index is -0.0441. The van der Waals surface area contributed by atoms with Gasteiger partial charge in [-0.2, -0.15) is 0 Å². The maximum Gasteiger partial charge on any atom is 0.185 e. The van der Waals surface area contributed by atoms with Gasteiger partial charge in [0.2, 0.25) is 0 Å². The molecule has 0 saturated heterocycles. The molecule has 0 aliphatic heterocycles. The van der Waals surface area contributed by atoms with Crippen molar-refractivity contribution in [2.24, 2.45) is 0 Å². The van der Waals surface area contributed by atoms with Crippen LogP contribution in [0.5, 0.6) is 11.5 Å². The molecule has 1 heterocycles. The molecule has 1 aromatic heterocycles. The third-order valence-electron chi connectivity index (χ3n) is 5.20. The molecule has 0 amide bonds. The number of aromatic nitrogens is 1. The smallest absolute Gasteiger partial charge is 0.185 e. The largest absolute Gasteiger partial charge is 0.496 e. The number of hydrogen-bond donors (Lipinski definition) is 0. The zero-order chi connectivity index (χ0) is 22.3. The number of carbonyl (C=O) groups excluding carboxylic acids is 1. The number of ketones is 1. The zero-order valence-corrected chi connectivity index (χ0v) is 18.2. The van der Waals surface area contributed by atoms with Gasteiger partial charge in [-0.15, -0.1) is 0 Å². The van der Waals surface area contributed by atoms with Crippen molar-refractivity contribution in [1.82, 2.24) is 4.57 Å². The number of benzene rings is 3. The van der Waals surface area contributed by atoms with Crippen LogP contribution < -0.4 is 9.47 Å². The van der Waals surface area contributed by atoms with E-state index in [1.807, 2.05) is 109 Å². The molecule has 0 aliphatic rings. The molecular weight excluding hydrogens is 398 g/mol. The first-order valence-electron chi connectivity index (χ1n) is 10.4. The van der Waals surface area contributed by atoms with Crippen LogP contribution in [0.1, 0.15) is 27.0 Å². The Kier molecular flexibility index (Phi) is 6.52. The van der Waals surface area contributed by atoms with Gasteiger partial charge in [0.05, 0.1) is 7.11 Å². The van der Waals surface area contributed by atoms with E-state index in [1.54, 1.807) is 13.2 Å². The lowest BCUT2D eigenvalue weighted by molar-refractivity contribution is 0.104. The second kappa shape index (κ2) is 9.84. The normalized spacial score (nSPS) is 10.9. The van der Waals surface area contributed by atoms with Gasteiger partial charge in [-0.05, 0) is 79.2 Å². The molecule has 4 heteroatoms. The highest BCUT2D eigenvalue weighted by Gasteiger charge is 2.07. The number of methoxy groups -OCH3 is 1. The maximum absolute atomic E-state index is 12.6. The van der Waals surface area contributed by atoms with Gasteiger partial charge < -0.3 is 14.0 Å². The van der Waals surface area contributed by atoms with Crippen molar-refractivity contribution < 1.29 is 14.3 Å². The van der Waals surface area contributed by atoms with Gasteiger partial charge in [0.15, 0.2) is 5.78 Å². The van der Waals surface area contributed by atoms with Crippen LogP contribution >= 0.6 is 0 Å². The first-order chi connectivity index (χ1) is 15.6. The molecule has 0 radical (unpaired) electrons. The second-order valence-corrected chi connectivity index (χ2v) is 7.51. The molecule has 4 aromatic rings. The minimum Gasteiger partial charge on any atom is -0.496 e. The van der Waals surface area contributed by atoms with E-state index in [2.05, 4.69) is 0 Å². The Balaban J connectivity index is 1.45. The number of carbonyl (C=O) groups is 1. The highest BCUT2D eigenvalue weighted by Crippen LogP contribution is 2.23. The molecule has 0 aliphatic carbocycles. The fourth-order valence-corrected chi connectivity index (χ4v) is 3.38. The highest BCUT2D eigenvalue weighted by molar-refractivity contribution is 6.06. The Hall–Kier alpha value is -4.05. The number of rotatable bonds is 8. The van der Waals surface area contributed by atoms with Crippen molar-refractivity contribution in [3.8, 4) is 17.2 Å². The lowest BCUT2D eigenvalue weighted by Gasteiger charge is -2.11. The van der Waals surface area contributed by atoms with E-state index in [9.17, 15) is 4.79 Å². The molecule has 3 aromatic carbocycles. The molecule has 0 atom stereocenters. The first kappa shape index (κ1) is 21.2. The lowest BCUT2D eigenvalue weighted by atomic mass is 10.1. The van der Waals surface area contributed by atoms with Gasteiger partial charge in [0.1, 0.15) is 18.1 Å². The average molecular weight is 424 g/mol. The monoisotopic (exact) mass is 423 g/mol. The quantitative estimate of drug-likeness (QED) is 0.248. The number of hydrogen-bond acceptors (Lipinski definition) is 3. The highest BCUT2D eigenvalue weighted by atomic mass is 16.5. The summed E-state index contributed by atoms with van der Waals surface area (Å²) in [5.74, 6) is 1.51. The van der Waals surface area contributed by atoms with Crippen LogP contribution in [0.15, 0.2) is 97.3 Å². The van der Waals surface area contributed by atoms with Crippen molar-refractivity contribution in [3.63, 3.8) is 0 Å². The van der Waals surface area contributed by atoms with Gasteiger partial charge in [-0.25, -0.2) is 0 Å². The standard InChI is InChI=1S/C28H25NO3/c1-21-5-13-26(14-6-21)32-20-24-19-22(8-16-28(24)31-2)7-15-27(30)23-9-11-25(12-10-23)29-17-3-4-18-29/h3-19H,20H2,1-2H3/b15-7+. The molecule has 0 bridgehead atoms. The van der Waals surface area contributed by atoms with E-state index < -0.39 is 0 Å². The molecule has 32 heavy (non-hydrogen) atoms. The fraction of sp³-hybridized carbons (Fsp3) is 0.107. The average Bonchev–Trinajstić information content (AvgIpc) is 3.37. The number of allylic oxidation sites excluding steroid dienone is 1. The molecule has 0 unspecified atom stereocenters. The summed E-state index contributed by atoms with van der Waals surface area (Å²) in [7, 11) is 1.64. The van der Waals surface area contributed by atoms with Gasteiger partial charge in [-0.1, -0.05) is 29.8 Å². The SMILES string of the molecule is COc1ccc(/C=C/C(=O)c2ccc(-n3cccc3)cc2)cc1COc1ccc(C)cc1. The van der Waals surface area contributed by atoms with Crippen LogP contribution in [0, 0.1) is 6.92 Å². The Morgan fingerprint density at radius 3 is 2.34 bits per heavy atom. The van der Waals surface area contributed by atoms with E-state index in [4.69, 9.17) is 9.47 Å². The Bertz CT molecular complexity index is 1200. The number of aryl methyl sites for hydroxylation is 1. The second-order valence-electron chi connectivity index (χ2n) is 7.51. The Morgan fingerprint density at radius 2 is 1.66 bits per heavy atom. The number of ether oxygens (including phenoxy) is 2. The van der Waals surface area contributed by atoms with Crippen molar-refractivity contribution in [2.45, 2.75) is 13.5 Å². The maximum atomic E-state index is 12.6. The minimum absolute atomic E-state index is 0.0441. The zero-order valence-electron chi connectivity index (χ0n) is 18.2. The van der Waals surface area contributed by atoms with Crippen molar-refractivity contribution in [1.29, 1.82) is 0 Å². The Labute approximate surface area is 188 Å². The summed E-state index contributed by atoms with van der Waals surface area (Å²) in [6.07, 6.45) is 7.36. The van der Waals surface area contributed by atoms with E-state index >= 15 is 0 Å². The third-order valence-corrected chi connectivity index (χ3v) is 5.20. The topological polar surface area (TPSA) is 40.5 Å². The summed E-state index contributed by atoms with van der Waals surface area (Å²) in [4.78, 5) is 12.6. The third kappa shape index (κ3) is 5.16. The van der Waals surface area contributed by atoms with Crippen LogP contribution in [0.4, 0.5) is 0 Å².